The summed E-state index contributed by atoms with van der Waals surface area (Å²) in [7, 11) is 1.77. The molecule has 2 bridgehead atoms. The molecule has 170 valence electrons. The monoisotopic (exact) mass is 432 g/mol. The van der Waals surface area contributed by atoms with Crippen LogP contribution in [0.4, 0.5) is 0 Å². The Morgan fingerprint density at radius 3 is 2.22 bits per heavy atom. The molecule has 1 saturated heterocycles. The van der Waals surface area contributed by atoms with E-state index in [1.807, 2.05) is 36.4 Å². The number of hydrogen-bond donors (Lipinski definition) is 1. The molecule has 1 aliphatic heterocycles. The first kappa shape index (κ1) is 21.7. The number of rotatable bonds is 6. The van der Waals surface area contributed by atoms with Gasteiger partial charge in [0.25, 0.3) is 0 Å². The van der Waals surface area contributed by atoms with Crippen molar-refractivity contribution in [3.63, 3.8) is 0 Å². The zero-order chi connectivity index (χ0) is 22.4. The number of benzene rings is 2. The molecule has 2 saturated carbocycles. The maximum absolute atomic E-state index is 13.0. The lowest BCUT2D eigenvalue weighted by atomic mass is 9.55. The molecule has 4 nitrogen and oxygen atoms in total. The Bertz CT molecular complexity index is 932. The van der Waals surface area contributed by atoms with E-state index in [-0.39, 0.29) is 5.41 Å². The summed E-state index contributed by atoms with van der Waals surface area (Å²) >= 11 is 0. The summed E-state index contributed by atoms with van der Waals surface area (Å²) in [5.74, 6) is 0.531. The molecule has 2 aromatic rings. The highest BCUT2D eigenvalue weighted by Gasteiger charge is 2.72. The third-order valence-corrected chi connectivity index (χ3v) is 8.88. The van der Waals surface area contributed by atoms with Gasteiger partial charge in [-0.25, -0.2) is 0 Å². The van der Waals surface area contributed by atoms with Gasteiger partial charge in [0.2, 0.25) is 0 Å². The van der Waals surface area contributed by atoms with Gasteiger partial charge in [0.1, 0.15) is 5.60 Å². The number of hydrazone groups is 1. The van der Waals surface area contributed by atoms with Crippen molar-refractivity contribution in [3.05, 3.63) is 71.8 Å². The van der Waals surface area contributed by atoms with Gasteiger partial charge < -0.3 is 9.84 Å². The number of fused-ring (bicyclic) bond motifs is 2. The second-order valence-electron chi connectivity index (χ2n) is 10.5. The summed E-state index contributed by atoms with van der Waals surface area (Å²) in [6.45, 7) is 6.40. The zero-order valence-corrected chi connectivity index (χ0v) is 19.6. The second kappa shape index (κ2) is 8.00. The van der Waals surface area contributed by atoms with Crippen molar-refractivity contribution in [2.24, 2.45) is 21.8 Å². The fourth-order valence-electron chi connectivity index (χ4n) is 7.17. The van der Waals surface area contributed by atoms with Gasteiger partial charge in [0, 0.05) is 19.4 Å². The van der Waals surface area contributed by atoms with E-state index in [1.54, 1.807) is 7.11 Å². The van der Waals surface area contributed by atoms with Crippen LogP contribution in [0.3, 0.4) is 0 Å². The topological polar surface area (TPSA) is 45.1 Å². The van der Waals surface area contributed by atoms with Crippen molar-refractivity contribution in [2.75, 3.05) is 20.3 Å². The Hall–Kier alpha value is -2.17. The summed E-state index contributed by atoms with van der Waals surface area (Å²) in [5.41, 5.74) is 1.45. The largest absolute Gasteiger partial charge is 0.382 e. The molecular weight excluding hydrogens is 396 g/mol. The summed E-state index contributed by atoms with van der Waals surface area (Å²) < 4.78 is 5.49. The maximum Gasteiger partial charge on any atom is 0.126 e. The Balaban J connectivity index is 1.71. The van der Waals surface area contributed by atoms with Crippen LogP contribution in [0, 0.1) is 16.7 Å². The van der Waals surface area contributed by atoms with E-state index in [0.717, 1.165) is 49.8 Å². The number of ether oxygens (including phenoxy) is 1. The number of hydrogen-bond acceptors (Lipinski definition) is 4. The highest BCUT2D eigenvalue weighted by Crippen LogP contribution is 2.71. The van der Waals surface area contributed by atoms with Crippen LogP contribution in [0.1, 0.15) is 57.1 Å². The minimum Gasteiger partial charge on any atom is -0.382 e. The second-order valence-corrected chi connectivity index (χ2v) is 10.5. The van der Waals surface area contributed by atoms with Crippen molar-refractivity contribution < 1.29 is 9.84 Å². The Morgan fingerprint density at radius 2 is 1.66 bits per heavy atom. The first-order valence-corrected chi connectivity index (χ1v) is 12.1. The van der Waals surface area contributed by atoms with Gasteiger partial charge in [-0.05, 0) is 54.6 Å². The summed E-state index contributed by atoms with van der Waals surface area (Å²) in [6.07, 6.45) is 5.31. The van der Waals surface area contributed by atoms with Gasteiger partial charge in [-0.3, -0.25) is 5.01 Å². The average Bonchev–Trinajstić information content (AvgIpc) is 3.43. The SMILES string of the molecule is COC[C@H]1CCCN1/N=C1\C[C@H]2CC[C@@]1(C(O)(c1ccccc1)c1ccccc1)C2(C)C. The van der Waals surface area contributed by atoms with Gasteiger partial charge in [-0.1, -0.05) is 74.5 Å². The predicted molar refractivity (Wildman–Crippen MR) is 128 cm³/mol. The van der Waals surface area contributed by atoms with E-state index in [0.29, 0.717) is 18.6 Å². The lowest BCUT2D eigenvalue weighted by Crippen LogP contribution is -2.55. The molecule has 2 aromatic carbocycles. The van der Waals surface area contributed by atoms with E-state index in [1.165, 1.54) is 5.71 Å². The van der Waals surface area contributed by atoms with E-state index in [4.69, 9.17) is 9.84 Å². The first-order chi connectivity index (χ1) is 15.4. The van der Waals surface area contributed by atoms with Crippen LogP contribution in [0.5, 0.6) is 0 Å². The van der Waals surface area contributed by atoms with Crippen LogP contribution in [0.15, 0.2) is 65.8 Å². The fourth-order valence-corrected chi connectivity index (χ4v) is 7.17. The molecule has 1 heterocycles. The number of aliphatic hydroxyl groups is 1. The van der Waals surface area contributed by atoms with Gasteiger partial charge in [0.15, 0.2) is 0 Å². The summed E-state index contributed by atoms with van der Waals surface area (Å²) in [6, 6.07) is 20.9. The third kappa shape index (κ3) is 2.92. The molecular formula is C28H36N2O2. The molecule has 3 fully saturated rings. The third-order valence-electron chi connectivity index (χ3n) is 8.88. The smallest absolute Gasteiger partial charge is 0.126 e. The number of nitrogens with zero attached hydrogens (tertiary/aromatic N) is 2. The van der Waals surface area contributed by atoms with Crippen molar-refractivity contribution in [2.45, 2.75) is 57.6 Å². The van der Waals surface area contributed by atoms with Crippen molar-refractivity contribution >= 4 is 5.71 Å². The Morgan fingerprint density at radius 1 is 1.03 bits per heavy atom. The highest BCUT2D eigenvalue weighted by molar-refractivity contribution is 5.96. The maximum atomic E-state index is 13.0. The van der Waals surface area contributed by atoms with Crippen molar-refractivity contribution in [1.29, 1.82) is 0 Å². The van der Waals surface area contributed by atoms with Gasteiger partial charge in [-0.2, -0.15) is 5.10 Å². The van der Waals surface area contributed by atoms with Crippen LogP contribution in [-0.4, -0.2) is 42.1 Å². The minimum absolute atomic E-state index is 0.0667. The zero-order valence-electron chi connectivity index (χ0n) is 19.6. The fraction of sp³-hybridized carbons (Fsp3) is 0.536. The van der Waals surface area contributed by atoms with E-state index < -0.39 is 11.0 Å². The summed E-state index contributed by atoms with van der Waals surface area (Å²) in [5, 5.41) is 20.6. The Kier molecular flexibility index (Phi) is 5.42. The Labute approximate surface area is 192 Å². The first-order valence-electron chi connectivity index (χ1n) is 12.1. The lowest BCUT2D eigenvalue weighted by Gasteiger charge is -2.51. The van der Waals surface area contributed by atoms with E-state index >= 15 is 0 Å². The van der Waals surface area contributed by atoms with Crippen LogP contribution >= 0.6 is 0 Å². The molecule has 0 amide bonds. The van der Waals surface area contributed by atoms with Crippen LogP contribution < -0.4 is 0 Å². The van der Waals surface area contributed by atoms with Crippen molar-refractivity contribution in [3.8, 4) is 0 Å². The molecule has 0 unspecified atom stereocenters. The normalized spacial score (nSPS) is 30.4. The molecule has 3 atom stereocenters. The molecule has 0 radical (unpaired) electrons. The molecule has 2 aliphatic carbocycles. The van der Waals surface area contributed by atoms with E-state index in [2.05, 4.69) is 43.1 Å². The summed E-state index contributed by atoms with van der Waals surface area (Å²) in [4.78, 5) is 0. The molecule has 0 aromatic heterocycles. The van der Waals surface area contributed by atoms with Crippen LogP contribution in [0.25, 0.3) is 0 Å². The van der Waals surface area contributed by atoms with Gasteiger partial charge in [0.05, 0.1) is 18.1 Å². The minimum atomic E-state index is -1.14. The molecule has 32 heavy (non-hydrogen) atoms. The van der Waals surface area contributed by atoms with Crippen molar-refractivity contribution in [1.82, 2.24) is 5.01 Å². The standard InChI is InChI=1S/C28H36N2O2/c1-26(2)23-16-17-27(26,25(19-23)29-30-18-10-15-24(30)20-32-3)28(31,21-11-6-4-7-12-21)22-13-8-5-9-14-22/h4-9,11-14,23-24,31H,10,15-20H2,1-3H3/b29-25+/t23-,24-,27+/m1/s1. The van der Waals surface area contributed by atoms with E-state index in [9.17, 15) is 5.11 Å². The molecule has 0 spiro atoms. The number of methoxy groups -OCH3 is 1. The lowest BCUT2D eigenvalue weighted by molar-refractivity contribution is -0.0639. The van der Waals surface area contributed by atoms with Gasteiger partial charge >= 0.3 is 0 Å². The molecule has 5 rings (SSSR count). The molecule has 3 aliphatic rings. The quantitative estimate of drug-likeness (QED) is 0.681. The van der Waals surface area contributed by atoms with Crippen LogP contribution in [-0.2, 0) is 10.3 Å². The van der Waals surface area contributed by atoms with Crippen LogP contribution in [0.2, 0.25) is 0 Å². The molecule has 1 N–H and O–H groups in total. The predicted octanol–water partition coefficient (Wildman–Crippen LogP) is 5.22. The van der Waals surface area contributed by atoms with Gasteiger partial charge in [-0.15, -0.1) is 0 Å². The highest BCUT2D eigenvalue weighted by atomic mass is 16.5. The average molecular weight is 433 g/mol. The molecule has 4 heteroatoms.